The Morgan fingerprint density at radius 2 is 1.61 bits per heavy atom. The van der Waals surface area contributed by atoms with Crippen molar-refractivity contribution >= 4 is 17.9 Å². The van der Waals surface area contributed by atoms with Crippen molar-refractivity contribution in [1.82, 2.24) is 4.90 Å². The van der Waals surface area contributed by atoms with Gasteiger partial charge in [0.1, 0.15) is 5.75 Å². The smallest absolute Gasteiger partial charge is 0.336 e. The topological polar surface area (TPSA) is 187 Å². The molecule has 10 nitrogen and oxygen atoms in total. The summed E-state index contributed by atoms with van der Waals surface area (Å²) in [7, 11) is 0. The Morgan fingerprint density at radius 1 is 1.03 bits per heavy atom. The van der Waals surface area contributed by atoms with Gasteiger partial charge in [-0.3, -0.25) is 9.59 Å². The van der Waals surface area contributed by atoms with E-state index in [2.05, 4.69) is 38.7 Å². The van der Waals surface area contributed by atoms with Crippen LogP contribution in [0.25, 0.3) is 0 Å². The Hall–Kier alpha value is -2.69. The van der Waals surface area contributed by atoms with Crippen LogP contribution < -0.4 is 0 Å². The highest BCUT2D eigenvalue weighted by atomic mass is 16.4. The third-order valence-corrected chi connectivity index (χ3v) is 6.12. The second kappa shape index (κ2) is 14.2. The van der Waals surface area contributed by atoms with Crippen LogP contribution in [0.4, 0.5) is 0 Å². The molecule has 10 heteroatoms. The lowest BCUT2D eigenvalue weighted by Gasteiger charge is -2.36. The molecule has 1 heterocycles. The molecule has 1 aliphatic rings. The van der Waals surface area contributed by atoms with Crippen LogP contribution in [0.1, 0.15) is 78.2 Å². The van der Waals surface area contributed by atoms with Gasteiger partial charge >= 0.3 is 17.9 Å². The molecule has 1 saturated heterocycles. The van der Waals surface area contributed by atoms with E-state index in [1.807, 2.05) is 12.1 Å². The fourth-order valence-electron chi connectivity index (χ4n) is 4.78. The minimum Gasteiger partial charge on any atom is -0.508 e. The van der Waals surface area contributed by atoms with Crippen LogP contribution >= 0.6 is 0 Å². The highest BCUT2D eigenvalue weighted by Gasteiger charge is 2.42. The lowest BCUT2D eigenvalue weighted by molar-refractivity contribution is -0.170. The molecule has 1 aromatic rings. The number of phenolic OH excluding ortho intramolecular Hbond substituents is 1. The summed E-state index contributed by atoms with van der Waals surface area (Å²) < 4.78 is 0. The number of unbranched alkanes of at least 4 members (excludes halogenated alkanes) is 2. The summed E-state index contributed by atoms with van der Waals surface area (Å²) in [5, 5.41) is 43.7. The van der Waals surface area contributed by atoms with E-state index in [1.165, 1.54) is 50.8 Å². The second-order valence-corrected chi connectivity index (χ2v) is 10.8. The van der Waals surface area contributed by atoms with Crippen molar-refractivity contribution in [2.75, 3.05) is 19.6 Å². The van der Waals surface area contributed by atoms with E-state index in [0.717, 1.165) is 6.54 Å². The number of carboxylic acid groups (broad SMARTS) is 3. The van der Waals surface area contributed by atoms with E-state index in [4.69, 9.17) is 20.4 Å². The first-order valence-corrected chi connectivity index (χ1v) is 12.0. The molecule has 0 aromatic heterocycles. The van der Waals surface area contributed by atoms with Gasteiger partial charge in [0.25, 0.3) is 0 Å². The van der Waals surface area contributed by atoms with Gasteiger partial charge in [0.15, 0.2) is 5.60 Å². The van der Waals surface area contributed by atoms with E-state index in [1.54, 1.807) is 6.07 Å². The Bertz CT molecular complexity index is 849. The fraction of sp³-hybridized carbons (Fsp3) is 0.654. The molecule has 1 aromatic carbocycles. The summed E-state index contributed by atoms with van der Waals surface area (Å²) in [4.78, 5) is 33.1. The molecule has 206 valence electrons. The molecule has 0 radical (unpaired) electrons. The number of carbonyl (C=O) groups is 3. The number of phenols is 1. The monoisotopic (exact) mass is 513 g/mol. The third-order valence-electron chi connectivity index (χ3n) is 6.12. The summed E-state index contributed by atoms with van der Waals surface area (Å²) in [6.07, 6.45) is 4.02. The average molecular weight is 514 g/mol. The predicted octanol–water partition coefficient (Wildman–Crippen LogP) is 2.89. The number of hydrogen-bond donors (Lipinski definition) is 5. The number of rotatable bonds is 11. The molecule has 0 aliphatic carbocycles. The summed E-state index contributed by atoms with van der Waals surface area (Å²) in [6, 6.07) is 7.97. The van der Waals surface area contributed by atoms with Crippen LogP contribution in [0.3, 0.4) is 0 Å². The molecule has 0 amide bonds. The lowest BCUT2D eigenvalue weighted by Crippen LogP contribution is -2.42. The highest BCUT2D eigenvalue weighted by molar-refractivity contribution is 5.88. The van der Waals surface area contributed by atoms with Gasteiger partial charge in [-0.25, -0.2) is 4.79 Å². The number of aliphatic carboxylic acids is 3. The maximum absolute atomic E-state index is 10.3. The number of hydrogen-bond acceptors (Lipinski definition) is 6. The first kappa shape index (κ1) is 33.3. The highest BCUT2D eigenvalue weighted by Crippen LogP contribution is 2.44. The molecule has 7 N–H and O–H groups in total. The van der Waals surface area contributed by atoms with Crippen LogP contribution in [0.5, 0.6) is 5.75 Å². The molecule has 1 fully saturated rings. The zero-order valence-electron chi connectivity index (χ0n) is 21.8. The molecular weight excluding hydrogens is 470 g/mol. The summed E-state index contributed by atoms with van der Waals surface area (Å²) >= 11 is 0. The van der Waals surface area contributed by atoms with Crippen LogP contribution in [0.15, 0.2) is 24.3 Å². The summed E-state index contributed by atoms with van der Waals surface area (Å²) in [5.41, 5.74) is -0.924. The van der Waals surface area contributed by atoms with Gasteiger partial charge in [-0.15, -0.1) is 0 Å². The Labute approximate surface area is 212 Å². The quantitative estimate of drug-likeness (QED) is 0.277. The zero-order valence-corrected chi connectivity index (χ0v) is 21.8. The average Bonchev–Trinajstić information content (AvgIpc) is 3.09. The van der Waals surface area contributed by atoms with E-state index < -0.39 is 36.4 Å². The molecule has 0 bridgehead atoms. The van der Waals surface area contributed by atoms with Crippen molar-refractivity contribution in [2.45, 2.75) is 83.7 Å². The van der Waals surface area contributed by atoms with Crippen molar-refractivity contribution in [1.29, 1.82) is 0 Å². The SMILES string of the molecule is CCCCCN1CCC(CC(C)(C)C)(c2cccc(O)c2)C1.O.O=C(O)CC(O)(CC(=O)O)C(=O)O. The number of aliphatic hydroxyl groups is 1. The van der Waals surface area contributed by atoms with Crippen molar-refractivity contribution < 1.29 is 45.4 Å². The number of likely N-dealkylation sites (tertiary alicyclic amines) is 1. The van der Waals surface area contributed by atoms with Gasteiger partial charge in [0.2, 0.25) is 0 Å². The van der Waals surface area contributed by atoms with Crippen LogP contribution in [0, 0.1) is 5.41 Å². The molecule has 2 rings (SSSR count). The van der Waals surface area contributed by atoms with Gasteiger partial charge in [-0.1, -0.05) is 52.7 Å². The Morgan fingerprint density at radius 3 is 2.06 bits per heavy atom. The molecule has 1 aliphatic heterocycles. The van der Waals surface area contributed by atoms with Gasteiger partial charge < -0.3 is 35.9 Å². The first-order valence-electron chi connectivity index (χ1n) is 12.0. The lowest BCUT2D eigenvalue weighted by atomic mass is 9.69. The van der Waals surface area contributed by atoms with Crippen LogP contribution in [0.2, 0.25) is 0 Å². The summed E-state index contributed by atoms with van der Waals surface area (Å²) in [6.45, 7) is 12.8. The van der Waals surface area contributed by atoms with E-state index in [0.29, 0.717) is 11.2 Å². The van der Waals surface area contributed by atoms with E-state index >= 15 is 0 Å². The minimum atomic E-state index is -2.74. The molecule has 1 unspecified atom stereocenters. The van der Waals surface area contributed by atoms with Crippen molar-refractivity contribution in [3.8, 4) is 5.75 Å². The largest absolute Gasteiger partial charge is 0.508 e. The van der Waals surface area contributed by atoms with Gasteiger partial charge in [0.05, 0.1) is 12.8 Å². The van der Waals surface area contributed by atoms with Gasteiger partial charge in [-0.2, -0.15) is 0 Å². The summed E-state index contributed by atoms with van der Waals surface area (Å²) in [5.74, 6) is -4.62. The Kier molecular flexibility index (Phi) is 13.1. The third kappa shape index (κ3) is 10.9. The van der Waals surface area contributed by atoms with Gasteiger partial charge in [0, 0.05) is 12.0 Å². The standard InChI is InChI=1S/C20H33NO.C6H8O7.H2O/c1-5-6-7-12-21-13-11-20(16-21,15-19(2,3)4)17-9-8-10-18(22)14-17;7-3(8)1-6(13,5(11)12)2-4(9)10;/h8-10,14,22H,5-7,11-13,15-16H2,1-4H3;13H,1-2H2,(H,7,8)(H,9,10)(H,11,12);1H2. The van der Waals surface area contributed by atoms with Crippen LogP contribution in [-0.2, 0) is 19.8 Å². The number of aromatic hydroxyl groups is 1. The zero-order chi connectivity index (χ0) is 26.9. The van der Waals surface area contributed by atoms with Crippen molar-refractivity contribution in [2.24, 2.45) is 5.41 Å². The van der Waals surface area contributed by atoms with E-state index in [9.17, 15) is 19.5 Å². The van der Waals surface area contributed by atoms with E-state index in [-0.39, 0.29) is 10.9 Å². The molecular formula is C26H43NO9. The van der Waals surface area contributed by atoms with Crippen molar-refractivity contribution in [3.05, 3.63) is 29.8 Å². The normalized spacial score (nSPS) is 18.0. The number of benzene rings is 1. The maximum Gasteiger partial charge on any atom is 0.336 e. The van der Waals surface area contributed by atoms with Crippen LogP contribution in [-0.4, -0.2) is 79.1 Å². The maximum atomic E-state index is 10.3. The fourth-order valence-corrected chi connectivity index (χ4v) is 4.78. The minimum absolute atomic E-state index is 0. The van der Waals surface area contributed by atoms with Gasteiger partial charge in [-0.05, 0) is 55.5 Å². The van der Waals surface area contributed by atoms with Crippen molar-refractivity contribution in [3.63, 3.8) is 0 Å². The Balaban J connectivity index is 0.000000758. The molecule has 0 spiro atoms. The first-order chi connectivity index (χ1) is 16.1. The number of nitrogens with zero attached hydrogens (tertiary/aromatic N) is 1. The second-order valence-electron chi connectivity index (χ2n) is 10.8. The molecule has 0 saturated carbocycles. The predicted molar refractivity (Wildman–Crippen MR) is 135 cm³/mol. The molecule has 1 atom stereocenters. The number of carboxylic acids is 3. The molecule has 36 heavy (non-hydrogen) atoms.